The van der Waals surface area contributed by atoms with Crippen molar-refractivity contribution < 1.29 is 8.42 Å². The maximum atomic E-state index is 11.9. The quantitative estimate of drug-likeness (QED) is 0.327. The molecule has 1 aliphatic heterocycles. The lowest BCUT2D eigenvalue weighted by Crippen LogP contribution is -2.56. The van der Waals surface area contributed by atoms with Gasteiger partial charge in [0, 0.05) is 24.3 Å². The predicted octanol–water partition coefficient (Wildman–Crippen LogP) is 0.168. The Labute approximate surface area is 119 Å². The first kappa shape index (κ1) is 14.9. The van der Waals surface area contributed by atoms with E-state index in [4.69, 9.17) is 5.84 Å². The fraction of sp³-hybridized carbons (Fsp3) is 0.909. The molecule has 1 heterocycles. The summed E-state index contributed by atoms with van der Waals surface area (Å²) in [6.45, 7) is 0.665. The zero-order chi connectivity index (χ0) is 13.9. The highest BCUT2D eigenvalue weighted by Gasteiger charge is 2.33. The van der Waals surface area contributed by atoms with E-state index in [1.807, 2.05) is 4.90 Å². The Hall–Kier alpha value is -0.470. The minimum absolute atomic E-state index is 0.279. The van der Waals surface area contributed by atoms with Gasteiger partial charge in [0.2, 0.25) is 5.96 Å². The Bertz CT molecular complexity index is 432. The molecular formula is C11H22N4O2S2. The minimum atomic E-state index is -3.14. The van der Waals surface area contributed by atoms with Crippen molar-refractivity contribution in [2.45, 2.75) is 37.1 Å². The van der Waals surface area contributed by atoms with Gasteiger partial charge in [0.15, 0.2) is 9.84 Å². The second kappa shape index (κ2) is 6.32. The van der Waals surface area contributed by atoms with Crippen LogP contribution in [0.5, 0.6) is 0 Å². The SMILES string of the molecule is CS(=O)(=O)C1CSCCN1C(=NC1CCCC1)NN. The van der Waals surface area contributed by atoms with Gasteiger partial charge in [-0.15, -0.1) is 0 Å². The molecule has 0 amide bonds. The number of nitrogens with two attached hydrogens (primary N) is 1. The molecule has 19 heavy (non-hydrogen) atoms. The van der Waals surface area contributed by atoms with E-state index in [2.05, 4.69) is 10.4 Å². The predicted molar refractivity (Wildman–Crippen MR) is 79.7 cm³/mol. The van der Waals surface area contributed by atoms with E-state index in [0.29, 0.717) is 18.3 Å². The Morgan fingerprint density at radius 3 is 2.68 bits per heavy atom. The highest BCUT2D eigenvalue weighted by atomic mass is 32.2. The smallest absolute Gasteiger partial charge is 0.209 e. The molecule has 110 valence electrons. The summed E-state index contributed by atoms with van der Waals surface area (Å²) >= 11 is 1.66. The van der Waals surface area contributed by atoms with Crippen LogP contribution in [0.2, 0.25) is 0 Å². The average Bonchev–Trinajstić information content (AvgIpc) is 2.88. The number of sulfone groups is 1. The largest absolute Gasteiger partial charge is 0.323 e. The maximum Gasteiger partial charge on any atom is 0.209 e. The van der Waals surface area contributed by atoms with Crippen LogP contribution < -0.4 is 11.3 Å². The molecule has 2 fully saturated rings. The Balaban J connectivity index is 2.19. The second-order valence-corrected chi connectivity index (χ2v) is 8.44. The molecule has 1 aliphatic carbocycles. The van der Waals surface area contributed by atoms with E-state index in [9.17, 15) is 8.42 Å². The van der Waals surface area contributed by atoms with E-state index in [1.165, 1.54) is 19.1 Å². The minimum Gasteiger partial charge on any atom is -0.323 e. The molecule has 0 aromatic rings. The van der Waals surface area contributed by atoms with Crippen molar-refractivity contribution in [1.29, 1.82) is 0 Å². The van der Waals surface area contributed by atoms with Crippen LogP contribution in [0.4, 0.5) is 0 Å². The molecule has 6 nitrogen and oxygen atoms in total. The van der Waals surface area contributed by atoms with E-state index >= 15 is 0 Å². The highest BCUT2D eigenvalue weighted by Crippen LogP contribution is 2.24. The van der Waals surface area contributed by atoms with Gasteiger partial charge in [0.1, 0.15) is 5.37 Å². The molecule has 2 rings (SSSR count). The van der Waals surface area contributed by atoms with Crippen molar-refractivity contribution in [3.05, 3.63) is 0 Å². The van der Waals surface area contributed by atoms with E-state index < -0.39 is 15.2 Å². The van der Waals surface area contributed by atoms with Gasteiger partial charge < -0.3 is 4.90 Å². The Morgan fingerprint density at radius 2 is 2.11 bits per heavy atom. The number of thioether (sulfide) groups is 1. The zero-order valence-corrected chi connectivity index (χ0v) is 12.8. The molecule has 2 aliphatic rings. The molecule has 0 radical (unpaired) electrons. The normalized spacial score (nSPS) is 26.7. The molecule has 0 bridgehead atoms. The summed E-state index contributed by atoms with van der Waals surface area (Å²) in [5.74, 6) is 7.57. The third kappa shape index (κ3) is 3.76. The molecule has 8 heteroatoms. The number of hydrazine groups is 1. The Kier molecular flexibility index (Phi) is 4.97. The summed E-state index contributed by atoms with van der Waals surface area (Å²) in [5, 5.41) is -0.526. The molecule has 0 spiro atoms. The standard InChI is InChI=1S/C11H22N4O2S2/c1-19(16,17)10-8-18-7-6-15(10)11(14-12)13-9-4-2-3-5-9/h9-10H,2-8,12H2,1H3,(H,13,14). The van der Waals surface area contributed by atoms with Gasteiger partial charge >= 0.3 is 0 Å². The first-order valence-electron chi connectivity index (χ1n) is 6.60. The van der Waals surface area contributed by atoms with Crippen molar-refractivity contribution >= 4 is 27.6 Å². The maximum absolute atomic E-state index is 11.9. The lowest BCUT2D eigenvalue weighted by Gasteiger charge is -2.36. The van der Waals surface area contributed by atoms with Crippen LogP contribution in [0.15, 0.2) is 4.99 Å². The van der Waals surface area contributed by atoms with Crippen molar-refractivity contribution in [3.8, 4) is 0 Å². The van der Waals surface area contributed by atoms with Gasteiger partial charge in [-0.25, -0.2) is 19.3 Å². The third-order valence-electron chi connectivity index (χ3n) is 3.61. The molecule has 0 aromatic heterocycles. The van der Waals surface area contributed by atoms with Crippen LogP contribution in [0.3, 0.4) is 0 Å². The van der Waals surface area contributed by atoms with Gasteiger partial charge in [-0.1, -0.05) is 12.8 Å². The van der Waals surface area contributed by atoms with E-state index in [1.54, 1.807) is 11.8 Å². The van der Waals surface area contributed by atoms with Crippen molar-refractivity contribution in [2.24, 2.45) is 10.8 Å². The van der Waals surface area contributed by atoms with Crippen molar-refractivity contribution in [1.82, 2.24) is 10.3 Å². The van der Waals surface area contributed by atoms with Crippen LogP contribution in [0, 0.1) is 0 Å². The first-order valence-corrected chi connectivity index (χ1v) is 9.71. The van der Waals surface area contributed by atoms with Crippen LogP contribution in [0.1, 0.15) is 25.7 Å². The van der Waals surface area contributed by atoms with Crippen LogP contribution in [0.25, 0.3) is 0 Å². The zero-order valence-electron chi connectivity index (χ0n) is 11.2. The van der Waals surface area contributed by atoms with Gasteiger partial charge in [0.25, 0.3) is 0 Å². The van der Waals surface area contributed by atoms with E-state index in [-0.39, 0.29) is 6.04 Å². The average molecular weight is 306 g/mol. The molecule has 1 atom stereocenters. The van der Waals surface area contributed by atoms with Crippen LogP contribution in [-0.4, -0.2) is 55.0 Å². The molecule has 1 saturated carbocycles. The second-order valence-electron chi connectivity index (χ2n) is 5.09. The molecule has 0 aromatic carbocycles. The van der Waals surface area contributed by atoms with E-state index in [0.717, 1.165) is 18.6 Å². The first-order chi connectivity index (χ1) is 9.02. The number of rotatable bonds is 2. The molecule has 1 unspecified atom stereocenters. The van der Waals surface area contributed by atoms with Gasteiger partial charge in [0.05, 0.1) is 6.04 Å². The van der Waals surface area contributed by atoms with Crippen molar-refractivity contribution in [2.75, 3.05) is 24.3 Å². The van der Waals surface area contributed by atoms with Crippen LogP contribution >= 0.6 is 11.8 Å². The number of hydrogen-bond acceptors (Lipinski definition) is 5. The summed E-state index contributed by atoms with van der Waals surface area (Å²) in [5.41, 5.74) is 2.60. The molecule has 1 saturated heterocycles. The Morgan fingerprint density at radius 1 is 1.42 bits per heavy atom. The van der Waals surface area contributed by atoms with Gasteiger partial charge in [-0.3, -0.25) is 5.43 Å². The third-order valence-corrected chi connectivity index (χ3v) is 6.25. The molecular weight excluding hydrogens is 284 g/mol. The lowest BCUT2D eigenvalue weighted by atomic mass is 10.3. The fourth-order valence-corrected chi connectivity index (χ4v) is 5.40. The number of nitrogens with zero attached hydrogens (tertiary/aromatic N) is 2. The number of guanidine groups is 1. The highest BCUT2D eigenvalue weighted by molar-refractivity contribution is 8.00. The van der Waals surface area contributed by atoms with Gasteiger partial charge in [-0.05, 0) is 12.8 Å². The number of aliphatic imine (C=N–C) groups is 1. The van der Waals surface area contributed by atoms with Crippen LogP contribution in [-0.2, 0) is 9.84 Å². The summed E-state index contributed by atoms with van der Waals surface area (Å²) in [4.78, 5) is 6.42. The topological polar surface area (TPSA) is 87.8 Å². The van der Waals surface area contributed by atoms with Crippen molar-refractivity contribution in [3.63, 3.8) is 0 Å². The monoisotopic (exact) mass is 306 g/mol. The summed E-state index contributed by atoms with van der Waals surface area (Å²) < 4.78 is 23.8. The summed E-state index contributed by atoms with van der Waals surface area (Å²) in [6, 6.07) is 0.279. The number of nitrogens with one attached hydrogen (secondary N) is 1. The summed E-state index contributed by atoms with van der Waals surface area (Å²) in [7, 11) is -3.14. The molecule has 3 N–H and O–H groups in total. The lowest BCUT2D eigenvalue weighted by molar-refractivity contribution is 0.393. The van der Waals surface area contributed by atoms with Gasteiger partial charge in [-0.2, -0.15) is 11.8 Å². The fourth-order valence-electron chi connectivity index (χ4n) is 2.58. The number of hydrogen-bond donors (Lipinski definition) is 2. The summed E-state index contributed by atoms with van der Waals surface area (Å²) in [6.07, 6.45) is 5.80.